The third-order valence-corrected chi connectivity index (χ3v) is 4.24. The molecule has 1 aromatic rings. The Balaban J connectivity index is 2.15. The van der Waals surface area contributed by atoms with Gasteiger partial charge >= 0.3 is 0 Å². The fourth-order valence-electron chi connectivity index (χ4n) is 2.82. The molecule has 0 bridgehead atoms. The number of benzene rings is 1. The molecule has 1 aliphatic rings. The van der Waals surface area contributed by atoms with E-state index >= 15 is 0 Å². The van der Waals surface area contributed by atoms with Gasteiger partial charge in [0.15, 0.2) is 0 Å². The number of ether oxygens (including phenoxy) is 2. The smallest absolute Gasteiger partial charge is 0.236 e. The van der Waals surface area contributed by atoms with Crippen molar-refractivity contribution in [1.82, 2.24) is 5.32 Å². The van der Waals surface area contributed by atoms with E-state index in [0.717, 1.165) is 18.6 Å². The minimum absolute atomic E-state index is 0.0897. The molecule has 3 N–H and O–H groups in total. The van der Waals surface area contributed by atoms with Crippen LogP contribution in [0.5, 0.6) is 5.75 Å². The fraction of sp³-hybridized carbons (Fsp3) is 0.588. The summed E-state index contributed by atoms with van der Waals surface area (Å²) in [6.45, 7) is 6.33. The van der Waals surface area contributed by atoms with Gasteiger partial charge in [-0.05, 0) is 44.4 Å². The average Bonchev–Trinajstić information content (AvgIpc) is 2.54. The second kappa shape index (κ2) is 7.61. The third kappa shape index (κ3) is 3.99. The van der Waals surface area contributed by atoms with Gasteiger partial charge in [-0.3, -0.25) is 4.79 Å². The lowest BCUT2D eigenvalue weighted by atomic mass is 9.74. The van der Waals surface area contributed by atoms with Gasteiger partial charge in [-0.15, -0.1) is 0 Å². The Labute approximate surface area is 132 Å². The Morgan fingerprint density at radius 2 is 2.00 bits per heavy atom. The largest absolute Gasteiger partial charge is 0.494 e. The Hall–Kier alpha value is -1.59. The lowest BCUT2D eigenvalue weighted by Crippen LogP contribution is -2.48. The topological polar surface area (TPSA) is 73.6 Å². The summed E-state index contributed by atoms with van der Waals surface area (Å²) >= 11 is 0. The van der Waals surface area contributed by atoms with Crippen LogP contribution in [0.4, 0.5) is 0 Å². The van der Waals surface area contributed by atoms with E-state index in [9.17, 15) is 4.79 Å². The number of amides is 1. The summed E-state index contributed by atoms with van der Waals surface area (Å²) in [4.78, 5) is 11.8. The monoisotopic (exact) mass is 306 g/mol. The third-order valence-electron chi connectivity index (χ3n) is 4.24. The van der Waals surface area contributed by atoms with Crippen LogP contribution >= 0.6 is 0 Å². The normalized spacial score (nSPS) is 18.5. The predicted octanol–water partition coefficient (Wildman–Crippen LogP) is 1.60. The van der Waals surface area contributed by atoms with Crippen LogP contribution in [0.15, 0.2) is 24.3 Å². The van der Waals surface area contributed by atoms with Crippen molar-refractivity contribution < 1.29 is 14.3 Å². The molecule has 5 nitrogen and oxygen atoms in total. The van der Waals surface area contributed by atoms with Gasteiger partial charge < -0.3 is 20.5 Å². The summed E-state index contributed by atoms with van der Waals surface area (Å²) in [7, 11) is 0. The van der Waals surface area contributed by atoms with E-state index in [1.54, 1.807) is 6.92 Å². The van der Waals surface area contributed by atoms with Crippen LogP contribution in [-0.2, 0) is 14.9 Å². The van der Waals surface area contributed by atoms with E-state index < -0.39 is 6.04 Å². The van der Waals surface area contributed by atoms with Crippen LogP contribution in [0.3, 0.4) is 0 Å². The SMILES string of the molecule is CCOc1ccc(C2(CNC(=O)[C@H](C)N)CCOCC2)cc1. The van der Waals surface area contributed by atoms with E-state index in [4.69, 9.17) is 15.2 Å². The zero-order chi connectivity index (χ0) is 16.0. The molecular formula is C17H26N2O3. The maximum absolute atomic E-state index is 11.8. The van der Waals surface area contributed by atoms with Crippen molar-refractivity contribution in [1.29, 1.82) is 0 Å². The average molecular weight is 306 g/mol. The highest BCUT2D eigenvalue weighted by atomic mass is 16.5. The number of hydrogen-bond donors (Lipinski definition) is 2. The van der Waals surface area contributed by atoms with Gasteiger partial charge in [0, 0.05) is 25.2 Å². The van der Waals surface area contributed by atoms with Crippen molar-refractivity contribution in [3.05, 3.63) is 29.8 Å². The van der Waals surface area contributed by atoms with Crippen LogP contribution < -0.4 is 15.8 Å². The zero-order valence-corrected chi connectivity index (χ0v) is 13.4. The summed E-state index contributed by atoms with van der Waals surface area (Å²) in [5.74, 6) is 0.755. The molecule has 1 fully saturated rings. The molecule has 122 valence electrons. The van der Waals surface area contributed by atoms with Crippen LogP contribution in [0.2, 0.25) is 0 Å². The lowest BCUT2D eigenvalue weighted by Gasteiger charge is -2.38. The molecule has 5 heteroatoms. The van der Waals surface area contributed by atoms with Crippen molar-refractivity contribution in [2.24, 2.45) is 5.73 Å². The summed E-state index contributed by atoms with van der Waals surface area (Å²) in [6.07, 6.45) is 1.78. The molecule has 1 saturated heterocycles. The molecule has 1 amide bonds. The number of rotatable bonds is 6. The van der Waals surface area contributed by atoms with Crippen LogP contribution in [0.1, 0.15) is 32.3 Å². The Morgan fingerprint density at radius 3 is 2.55 bits per heavy atom. The van der Waals surface area contributed by atoms with Crippen molar-refractivity contribution in [2.45, 2.75) is 38.1 Å². The standard InChI is InChI=1S/C17H26N2O3/c1-3-22-15-6-4-14(5-7-15)17(8-10-21-11-9-17)12-19-16(20)13(2)18/h4-7,13H,3,8-12,18H2,1-2H3,(H,19,20)/t13-/m0/s1. The van der Waals surface area contributed by atoms with Crippen molar-refractivity contribution in [2.75, 3.05) is 26.4 Å². The van der Waals surface area contributed by atoms with E-state index in [0.29, 0.717) is 26.4 Å². The number of hydrogen-bond acceptors (Lipinski definition) is 4. The molecule has 0 aromatic heterocycles. The van der Waals surface area contributed by atoms with Gasteiger partial charge in [0.05, 0.1) is 12.6 Å². The molecule has 2 rings (SSSR count). The number of nitrogens with one attached hydrogen (secondary N) is 1. The van der Waals surface area contributed by atoms with Gasteiger partial charge in [0.2, 0.25) is 5.91 Å². The maximum Gasteiger partial charge on any atom is 0.236 e. The second-order valence-electron chi connectivity index (χ2n) is 5.86. The van der Waals surface area contributed by atoms with Crippen LogP contribution in [0.25, 0.3) is 0 Å². The second-order valence-corrected chi connectivity index (χ2v) is 5.86. The molecule has 22 heavy (non-hydrogen) atoms. The Bertz CT molecular complexity index is 479. The van der Waals surface area contributed by atoms with Crippen LogP contribution in [-0.4, -0.2) is 38.3 Å². The van der Waals surface area contributed by atoms with E-state index in [-0.39, 0.29) is 11.3 Å². The predicted molar refractivity (Wildman–Crippen MR) is 86.0 cm³/mol. The van der Waals surface area contributed by atoms with Gasteiger partial charge in [-0.25, -0.2) is 0 Å². The van der Waals surface area contributed by atoms with Gasteiger partial charge in [0.25, 0.3) is 0 Å². The molecule has 0 spiro atoms. The first-order chi connectivity index (χ1) is 10.6. The molecule has 0 saturated carbocycles. The van der Waals surface area contributed by atoms with E-state index in [2.05, 4.69) is 17.4 Å². The summed E-state index contributed by atoms with van der Waals surface area (Å²) in [5.41, 5.74) is 6.76. The Morgan fingerprint density at radius 1 is 1.36 bits per heavy atom. The molecule has 0 radical (unpaired) electrons. The first-order valence-corrected chi connectivity index (χ1v) is 7.92. The van der Waals surface area contributed by atoms with Crippen molar-refractivity contribution in [3.8, 4) is 5.75 Å². The first kappa shape index (κ1) is 16.8. The van der Waals surface area contributed by atoms with Crippen molar-refractivity contribution in [3.63, 3.8) is 0 Å². The van der Waals surface area contributed by atoms with E-state index in [1.165, 1.54) is 5.56 Å². The Kier molecular flexibility index (Phi) is 5.80. The fourth-order valence-corrected chi connectivity index (χ4v) is 2.82. The summed E-state index contributed by atoms with van der Waals surface area (Å²) in [5, 5.41) is 2.98. The lowest BCUT2D eigenvalue weighted by molar-refractivity contribution is -0.122. The van der Waals surface area contributed by atoms with Crippen LogP contribution in [0, 0.1) is 0 Å². The molecule has 1 heterocycles. The maximum atomic E-state index is 11.8. The van der Waals surface area contributed by atoms with Gasteiger partial charge in [-0.2, -0.15) is 0 Å². The molecule has 1 aromatic carbocycles. The highest BCUT2D eigenvalue weighted by molar-refractivity contribution is 5.81. The first-order valence-electron chi connectivity index (χ1n) is 7.92. The zero-order valence-electron chi connectivity index (χ0n) is 13.4. The highest BCUT2D eigenvalue weighted by Crippen LogP contribution is 2.35. The van der Waals surface area contributed by atoms with Crippen molar-refractivity contribution >= 4 is 5.91 Å². The number of carbonyl (C=O) groups is 1. The number of carbonyl (C=O) groups excluding carboxylic acids is 1. The van der Waals surface area contributed by atoms with Gasteiger partial charge in [-0.1, -0.05) is 12.1 Å². The van der Waals surface area contributed by atoms with Gasteiger partial charge in [0.1, 0.15) is 5.75 Å². The van der Waals surface area contributed by atoms with E-state index in [1.807, 2.05) is 19.1 Å². The summed E-state index contributed by atoms with van der Waals surface area (Å²) in [6, 6.07) is 7.67. The molecule has 1 aliphatic heterocycles. The summed E-state index contributed by atoms with van der Waals surface area (Å²) < 4.78 is 11.0. The quantitative estimate of drug-likeness (QED) is 0.837. The molecular weight excluding hydrogens is 280 g/mol. The molecule has 0 unspecified atom stereocenters. The molecule has 0 aliphatic carbocycles. The number of nitrogens with two attached hydrogens (primary N) is 1. The molecule has 1 atom stereocenters. The minimum Gasteiger partial charge on any atom is -0.494 e. The minimum atomic E-state index is -0.489. The highest BCUT2D eigenvalue weighted by Gasteiger charge is 2.35.